The van der Waals surface area contributed by atoms with Crippen LogP contribution in [0.3, 0.4) is 0 Å². The number of halogens is 1. The van der Waals surface area contributed by atoms with E-state index >= 15 is 0 Å². The second-order valence-corrected chi connectivity index (χ2v) is 5.61. The first-order valence-corrected chi connectivity index (χ1v) is 6.95. The highest BCUT2D eigenvalue weighted by molar-refractivity contribution is 7.92. The van der Waals surface area contributed by atoms with Gasteiger partial charge in [0.1, 0.15) is 5.82 Å². The molecule has 5 nitrogen and oxygen atoms in total. The summed E-state index contributed by atoms with van der Waals surface area (Å²) < 4.78 is 37.7. The molecule has 0 fully saturated rings. The molecule has 0 saturated heterocycles. The summed E-state index contributed by atoms with van der Waals surface area (Å²) in [6, 6.07) is 5.00. The predicted octanol–water partition coefficient (Wildman–Crippen LogP) is 1.46. The minimum Gasteiger partial charge on any atom is -0.481 e. The lowest BCUT2D eigenvalue weighted by Crippen LogP contribution is -2.33. The highest BCUT2D eigenvalue weighted by Crippen LogP contribution is 2.18. The lowest BCUT2D eigenvalue weighted by molar-refractivity contribution is -0.136. The van der Waals surface area contributed by atoms with Crippen LogP contribution in [-0.2, 0) is 14.8 Å². The predicted molar refractivity (Wildman–Crippen MR) is 65.5 cm³/mol. The van der Waals surface area contributed by atoms with Crippen LogP contribution >= 0.6 is 0 Å². The number of carboxylic acid groups (broad SMARTS) is 1. The molecule has 7 heteroatoms. The minimum atomic E-state index is -3.70. The molecule has 1 N–H and O–H groups in total. The summed E-state index contributed by atoms with van der Waals surface area (Å²) in [5, 5.41) is 8.51. The third kappa shape index (κ3) is 3.69. The molecule has 0 unspecified atom stereocenters. The van der Waals surface area contributed by atoms with E-state index in [4.69, 9.17) is 5.11 Å². The van der Waals surface area contributed by atoms with Crippen LogP contribution in [0.25, 0.3) is 0 Å². The van der Waals surface area contributed by atoms with Crippen molar-refractivity contribution in [1.82, 2.24) is 0 Å². The van der Waals surface area contributed by atoms with Crippen LogP contribution in [0.1, 0.15) is 13.3 Å². The van der Waals surface area contributed by atoms with Crippen LogP contribution in [0, 0.1) is 5.82 Å². The zero-order valence-electron chi connectivity index (χ0n) is 9.84. The van der Waals surface area contributed by atoms with Crippen molar-refractivity contribution in [2.75, 3.05) is 16.6 Å². The Morgan fingerprint density at radius 1 is 1.33 bits per heavy atom. The molecule has 18 heavy (non-hydrogen) atoms. The second kappa shape index (κ2) is 5.81. The van der Waals surface area contributed by atoms with Crippen LogP contribution in [0.4, 0.5) is 10.1 Å². The number of hydrogen-bond donors (Lipinski definition) is 1. The van der Waals surface area contributed by atoms with Gasteiger partial charge in [0.05, 0.1) is 17.9 Å². The molecule has 1 aromatic carbocycles. The normalized spacial score (nSPS) is 11.2. The van der Waals surface area contributed by atoms with Crippen LogP contribution in [0.5, 0.6) is 0 Å². The molecule has 0 aliphatic rings. The monoisotopic (exact) mass is 275 g/mol. The van der Waals surface area contributed by atoms with Crippen molar-refractivity contribution in [1.29, 1.82) is 0 Å². The fourth-order valence-electron chi connectivity index (χ4n) is 1.47. The van der Waals surface area contributed by atoms with Crippen molar-refractivity contribution in [2.24, 2.45) is 0 Å². The molecule has 100 valence electrons. The maximum atomic E-state index is 12.8. The Labute approximate surface area is 105 Å². The average molecular weight is 275 g/mol. The van der Waals surface area contributed by atoms with Crippen molar-refractivity contribution in [3.05, 3.63) is 30.1 Å². The van der Waals surface area contributed by atoms with Gasteiger partial charge in [0.2, 0.25) is 10.0 Å². The smallest absolute Gasteiger partial charge is 0.304 e. The van der Waals surface area contributed by atoms with Crippen LogP contribution in [0.2, 0.25) is 0 Å². The molecule has 0 aliphatic carbocycles. The summed E-state index contributed by atoms with van der Waals surface area (Å²) in [5.41, 5.74) is 0.323. The third-order valence-electron chi connectivity index (χ3n) is 2.31. The quantitative estimate of drug-likeness (QED) is 0.852. The van der Waals surface area contributed by atoms with Gasteiger partial charge in [0.15, 0.2) is 0 Å². The number of rotatable bonds is 6. The SMILES string of the molecule is CCN(c1ccc(F)cc1)S(=O)(=O)CCC(=O)O. The highest BCUT2D eigenvalue weighted by atomic mass is 32.2. The van der Waals surface area contributed by atoms with Gasteiger partial charge in [-0.25, -0.2) is 12.8 Å². The minimum absolute atomic E-state index is 0.160. The molecular weight excluding hydrogens is 261 g/mol. The first kappa shape index (κ1) is 14.4. The summed E-state index contributed by atoms with van der Waals surface area (Å²) >= 11 is 0. The van der Waals surface area contributed by atoms with E-state index in [1.807, 2.05) is 0 Å². The molecule has 0 aromatic heterocycles. The molecule has 0 atom stereocenters. The summed E-state index contributed by atoms with van der Waals surface area (Å²) in [5.74, 6) is -2.11. The maximum Gasteiger partial charge on any atom is 0.304 e. The number of hydrogen-bond acceptors (Lipinski definition) is 3. The van der Waals surface area contributed by atoms with Crippen molar-refractivity contribution < 1.29 is 22.7 Å². The molecule has 0 heterocycles. The molecule has 1 aromatic rings. The van der Waals surface area contributed by atoms with Crippen LogP contribution < -0.4 is 4.31 Å². The highest BCUT2D eigenvalue weighted by Gasteiger charge is 2.21. The summed E-state index contributed by atoms with van der Waals surface area (Å²) in [7, 11) is -3.70. The van der Waals surface area contributed by atoms with E-state index < -0.39 is 34.0 Å². The van der Waals surface area contributed by atoms with E-state index in [1.165, 1.54) is 12.1 Å². The fourth-order valence-corrected chi connectivity index (χ4v) is 2.96. The zero-order valence-corrected chi connectivity index (χ0v) is 10.7. The number of benzene rings is 1. The van der Waals surface area contributed by atoms with Crippen molar-refractivity contribution >= 4 is 21.7 Å². The maximum absolute atomic E-state index is 12.8. The van der Waals surface area contributed by atoms with E-state index in [1.54, 1.807) is 6.92 Å². The first-order valence-electron chi connectivity index (χ1n) is 5.34. The topological polar surface area (TPSA) is 74.7 Å². The molecule has 0 radical (unpaired) electrons. The Bertz CT molecular complexity index is 512. The van der Waals surface area contributed by atoms with E-state index in [2.05, 4.69) is 0 Å². The zero-order chi connectivity index (χ0) is 13.8. The molecule has 1 rings (SSSR count). The van der Waals surface area contributed by atoms with Crippen molar-refractivity contribution in [3.63, 3.8) is 0 Å². The standard InChI is InChI=1S/C11H14FNO4S/c1-2-13(10-5-3-9(12)4-6-10)18(16,17)8-7-11(14)15/h3-6H,2,7-8H2,1H3,(H,14,15). The van der Waals surface area contributed by atoms with Gasteiger partial charge in [0.25, 0.3) is 0 Å². The van der Waals surface area contributed by atoms with Gasteiger partial charge >= 0.3 is 5.97 Å². The number of aliphatic carboxylic acids is 1. The Morgan fingerprint density at radius 3 is 2.33 bits per heavy atom. The van der Waals surface area contributed by atoms with Gasteiger partial charge in [-0.05, 0) is 31.2 Å². The first-order chi connectivity index (χ1) is 8.36. The number of carbonyl (C=O) groups is 1. The van der Waals surface area contributed by atoms with Gasteiger partial charge in [-0.3, -0.25) is 9.10 Å². The van der Waals surface area contributed by atoms with Gasteiger partial charge in [-0.15, -0.1) is 0 Å². The summed E-state index contributed by atoms with van der Waals surface area (Å²) in [6.07, 6.45) is -0.458. The largest absolute Gasteiger partial charge is 0.481 e. The fraction of sp³-hybridized carbons (Fsp3) is 0.364. The Balaban J connectivity index is 2.95. The number of anilines is 1. The Morgan fingerprint density at radius 2 is 1.89 bits per heavy atom. The van der Waals surface area contributed by atoms with E-state index in [0.717, 1.165) is 16.4 Å². The summed E-state index contributed by atoms with van der Waals surface area (Å²) in [6.45, 7) is 1.79. The van der Waals surface area contributed by atoms with Gasteiger partial charge in [-0.1, -0.05) is 0 Å². The number of nitrogens with zero attached hydrogens (tertiary/aromatic N) is 1. The molecule has 0 amide bonds. The molecule has 0 bridgehead atoms. The lowest BCUT2D eigenvalue weighted by Gasteiger charge is -2.22. The molecular formula is C11H14FNO4S. The Kier molecular flexibility index (Phi) is 4.66. The van der Waals surface area contributed by atoms with E-state index in [9.17, 15) is 17.6 Å². The second-order valence-electron chi connectivity index (χ2n) is 3.60. The summed E-state index contributed by atoms with van der Waals surface area (Å²) in [4.78, 5) is 10.4. The number of carboxylic acids is 1. The van der Waals surface area contributed by atoms with Crippen molar-refractivity contribution in [2.45, 2.75) is 13.3 Å². The van der Waals surface area contributed by atoms with E-state index in [-0.39, 0.29) is 6.54 Å². The molecule has 0 aliphatic heterocycles. The van der Waals surface area contributed by atoms with Crippen molar-refractivity contribution in [3.8, 4) is 0 Å². The number of sulfonamides is 1. The lowest BCUT2D eigenvalue weighted by atomic mass is 10.3. The molecule has 0 saturated carbocycles. The Hall–Kier alpha value is -1.63. The van der Waals surface area contributed by atoms with Gasteiger partial charge in [0, 0.05) is 6.54 Å². The average Bonchev–Trinajstić information content (AvgIpc) is 2.30. The third-order valence-corrected chi connectivity index (χ3v) is 4.17. The van der Waals surface area contributed by atoms with E-state index in [0.29, 0.717) is 5.69 Å². The van der Waals surface area contributed by atoms with Crippen LogP contribution in [0.15, 0.2) is 24.3 Å². The van der Waals surface area contributed by atoms with Crippen LogP contribution in [-0.4, -0.2) is 31.8 Å². The van der Waals surface area contributed by atoms with Gasteiger partial charge < -0.3 is 5.11 Å². The molecule has 0 spiro atoms. The van der Waals surface area contributed by atoms with Gasteiger partial charge in [-0.2, -0.15) is 0 Å².